The second kappa shape index (κ2) is 13.1. The van der Waals surface area contributed by atoms with Crippen molar-refractivity contribution in [2.24, 2.45) is 16.5 Å². The summed E-state index contributed by atoms with van der Waals surface area (Å²) in [5.41, 5.74) is 9.98. The summed E-state index contributed by atoms with van der Waals surface area (Å²) in [6, 6.07) is 9.48. The molecule has 3 rings (SSSR count). The lowest BCUT2D eigenvalue weighted by Gasteiger charge is -2.33. The third-order valence-corrected chi connectivity index (χ3v) is 5.92. The third-order valence-electron chi connectivity index (χ3n) is 5.92. The van der Waals surface area contributed by atoms with Crippen molar-refractivity contribution in [2.45, 2.75) is 31.1 Å². The highest BCUT2D eigenvalue weighted by atomic mass is 19.4. The smallest absolute Gasteiger partial charge is 0.475 e. The number of nitrogens with one attached hydrogen (secondary N) is 1. The van der Waals surface area contributed by atoms with E-state index in [1.54, 1.807) is 29.2 Å². The number of hydrogen-bond acceptors (Lipinski definition) is 4. The number of aliphatic carboxylic acids is 1. The number of likely N-dealkylation sites (tertiary alicyclic amines) is 1. The van der Waals surface area contributed by atoms with Crippen molar-refractivity contribution in [3.8, 4) is 0 Å². The summed E-state index contributed by atoms with van der Waals surface area (Å²) in [6.07, 6.45) is -9.11. The Morgan fingerprint density at radius 2 is 1.39 bits per heavy atom. The van der Waals surface area contributed by atoms with Crippen LogP contribution in [0.5, 0.6) is 0 Å². The van der Waals surface area contributed by atoms with Crippen molar-refractivity contribution >= 4 is 29.7 Å². The first-order valence-corrected chi connectivity index (χ1v) is 11.7. The molecule has 1 aliphatic rings. The summed E-state index contributed by atoms with van der Waals surface area (Å²) in [5, 5.41) is 9.62. The van der Waals surface area contributed by atoms with Crippen LogP contribution in [0, 0.1) is 0 Å². The van der Waals surface area contributed by atoms with Crippen molar-refractivity contribution in [2.75, 3.05) is 20.1 Å². The van der Waals surface area contributed by atoms with Crippen molar-refractivity contribution < 1.29 is 50.6 Å². The van der Waals surface area contributed by atoms with Crippen LogP contribution in [0.15, 0.2) is 47.5 Å². The zero-order chi connectivity index (χ0) is 31.1. The van der Waals surface area contributed by atoms with Gasteiger partial charge in [-0.3, -0.25) is 14.4 Å². The number of nitrogens with zero attached hydrogens (tertiary/aromatic N) is 2. The molecule has 1 aliphatic heterocycles. The van der Waals surface area contributed by atoms with E-state index in [0.29, 0.717) is 24.0 Å². The van der Waals surface area contributed by atoms with Crippen LogP contribution in [-0.4, -0.2) is 66.0 Å². The monoisotopic (exact) mass is 589 g/mol. The van der Waals surface area contributed by atoms with E-state index in [4.69, 9.17) is 21.4 Å². The average Bonchev–Trinajstić information content (AvgIpc) is 2.91. The molecule has 1 saturated heterocycles. The lowest BCUT2D eigenvalue weighted by molar-refractivity contribution is -0.192. The van der Waals surface area contributed by atoms with Gasteiger partial charge in [0.15, 0.2) is 5.96 Å². The molecule has 3 amide bonds. The number of carbonyl (C=O) groups excluding carboxylic acids is 3. The van der Waals surface area contributed by atoms with E-state index in [0.717, 1.165) is 6.07 Å². The van der Waals surface area contributed by atoms with Gasteiger partial charge in [0.2, 0.25) is 0 Å². The molecule has 10 nitrogen and oxygen atoms in total. The van der Waals surface area contributed by atoms with Gasteiger partial charge in [-0.1, -0.05) is 6.07 Å². The molecule has 0 aromatic heterocycles. The molecule has 0 saturated carbocycles. The van der Waals surface area contributed by atoms with Crippen LogP contribution in [0.2, 0.25) is 0 Å². The number of rotatable bonds is 4. The number of hydrogen-bond donors (Lipinski definition) is 4. The van der Waals surface area contributed by atoms with E-state index in [-0.39, 0.29) is 36.0 Å². The standard InChI is InChI=1S/C23H24F3N5O3.C2HF3O2/c1-29-19(32)14-2-4-15(5-3-14)21(34)31-10-8-13(9-11-31)17-7-6-16(20(33)30-22(27)28)12-18(17)23(24,25)26;3-2(4,5)1(6)7/h2-7,12-13H,8-11H2,1H3,(H,29,32)(H4,27,28,30,33);(H,6,7). The summed E-state index contributed by atoms with van der Waals surface area (Å²) >= 11 is 0. The fourth-order valence-corrected chi connectivity index (χ4v) is 3.96. The largest absolute Gasteiger partial charge is 0.490 e. The number of alkyl halides is 6. The SMILES string of the molecule is CNC(=O)c1ccc(C(=O)N2CCC(c3ccc(C(=O)N=C(N)N)cc3C(F)(F)F)CC2)cc1.O=C(O)C(F)(F)F. The first-order chi connectivity index (χ1) is 18.9. The van der Waals surface area contributed by atoms with Crippen LogP contribution in [-0.2, 0) is 11.0 Å². The molecule has 0 bridgehead atoms. The summed E-state index contributed by atoms with van der Waals surface area (Å²) < 4.78 is 73.0. The van der Waals surface area contributed by atoms with Crippen LogP contribution in [0.1, 0.15) is 61.0 Å². The predicted molar refractivity (Wildman–Crippen MR) is 133 cm³/mol. The Kier molecular flexibility index (Phi) is 10.4. The molecule has 1 fully saturated rings. The molecule has 41 heavy (non-hydrogen) atoms. The number of carbonyl (C=O) groups is 4. The molecule has 0 atom stereocenters. The number of aliphatic imine (C=N–C) groups is 1. The van der Waals surface area contributed by atoms with Gasteiger partial charge in [0.1, 0.15) is 0 Å². The number of benzene rings is 2. The van der Waals surface area contributed by atoms with Crippen LogP contribution >= 0.6 is 0 Å². The Balaban J connectivity index is 0.000000745. The normalized spacial score (nSPS) is 13.9. The highest BCUT2D eigenvalue weighted by molar-refractivity contribution is 6.02. The lowest BCUT2D eigenvalue weighted by Crippen LogP contribution is -2.38. The zero-order valence-electron chi connectivity index (χ0n) is 21.3. The minimum Gasteiger partial charge on any atom is -0.475 e. The van der Waals surface area contributed by atoms with E-state index in [9.17, 15) is 40.7 Å². The van der Waals surface area contributed by atoms with Crippen LogP contribution in [0.3, 0.4) is 0 Å². The second-order valence-corrected chi connectivity index (χ2v) is 8.67. The Morgan fingerprint density at radius 1 is 0.902 bits per heavy atom. The number of carboxylic acids is 1. The summed E-state index contributed by atoms with van der Waals surface area (Å²) in [6.45, 7) is 0.541. The molecule has 1 heterocycles. The van der Waals surface area contributed by atoms with Gasteiger partial charge in [-0.2, -0.15) is 31.3 Å². The maximum atomic E-state index is 13.8. The maximum absolute atomic E-state index is 13.8. The number of halogens is 6. The van der Waals surface area contributed by atoms with Crippen molar-refractivity contribution in [3.05, 3.63) is 70.3 Å². The Morgan fingerprint density at radius 3 is 1.83 bits per heavy atom. The van der Waals surface area contributed by atoms with Gasteiger partial charge >= 0.3 is 18.3 Å². The number of piperidine rings is 1. The number of guanidine groups is 1. The average molecular weight is 589 g/mol. The highest BCUT2D eigenvalue weighted by Gasteiger charge is 2.38. The minimum absolute atomic E-state index is 0.0655. The van der Waals surface area contributed by atoms with E-state index < -0.39 is 41.7 Å². The lowest BCUT2D eigenvalue weighted by atomic mass is 9.85. The molecular weight excluding hydrogens is 564 g/mol. The van der Waals surface area contributed by atoms with Gasteiger partial charge in [0.05, 0.1) is 5.56 Å². The van der Waals surface area contributed by atoms with Gasteiger partial charge in [-0.05, 0) is 60.7 Å². The Bertz CT molecular complexity index is 1310. The van der Waals surface area contributed by atoms with Crippen molar-refractivity contribution in [3.63, 3.8) is 0 Å². The van der Waals surface area contributed by atoms with Gasteiger partial charge < -0.3 is 26.8 Å². The summed E-state index contributed by atoms with van der Waals surface area (Å²) in [4.78, 5) is 50.2. The zero-order valence-corrected chi connectivity index (χ0v) is 21.3. The highest BCUT2D eigenvalue weighted by Crippen LogP contribution is 2.39. The molecule has 0 spiro atoms. The van der Waals surface area contributed by atoms with E-state index in [1.165, 1.54) is 19.2 Å². The fourth-order valence-electron chi connectivity index (χ4n) is 3.96. The van der Waals surface area contributed by atoms with Crippen LogP contribution in [0.25, 0.3) is 0 Å². The molecule has 2 aromatic carbocycles. The molecule has 222 valence electrons. The number of nitrogens with two attached hydrogens (primary N) is 2. The second-order valence-electron chi connectivity index (χ2n) is 8.67. The molecule has 16 heteroatoms. The third kappa shape index (κ3) is 8.94. The first-order valence-electron chi connectivity index (χ1n) is 11.7. The number of amides is 3. The van der Waals surface area contributed by atoms with Gasteiger partial charge in [0.25, 0.3) is 17.7 Å². The van der Waals surface area contributed by atoms with E-state index in [2.05, 4.69) is 10.3 Å². The molecule has 0 unspecified atom stereocenters. The molecular formula is C25H25F6N5O5. The fraction of sp³-hybridized carbons (Fsp3) is 0.320. The van der Waals surface area contributed by atoms with Gasteiger partial charge in [-0.25, -0.2) is 4.79 Å². The summed E-state index contributed by atoms with van der Waals surface area (Å²) in [7, 11) is 1.51. The first kappa shape index (κ1) is 32.6. The Labute approximate surface area is 229 Å². The van der Waals surface area contributed by atoms with E-state index >= 15 is 0 Å². The van der Waals surface area contributed by atoms with Gasteiger partial charge in [0, 0.05) is 36.8 Å². The predicted octanol–water partition coefficient (Wildman–Crippen LogP) is 3.13. The molecule has 2 aromatic rings. The topological polar surface area (TPSA) is 168 Å². The molecule has 0 aliphatic carbocycles. The van der Waals surface area contributed by atoms with E-state index in [1.807, 2.05) is 0 Å². The van der Waals surface area contributed by atoms with Crippen LogP contribution < -0.4 is 16.8 Å². The Hall–Kier alpha value is -4.63. The molecule has 0 radical (unpaired) electrons. The number of carboxylic acid groups (broad SMARTS) is 1. The minimum atomic E-state index is -5.08. The van der Waals surface area contributed by atoms with Crippen molar-refractivity contribution in [1.82, 2.24) is 10.2 Å². The van der Waals surface area contributed by atoms with Crippen LogP contribution in [0.4, 0.5) is 26.3 Å². The maximum Gasteiger partial charge on any atom is 0.490 e. The summed E-state index contributed by atoms with van der Waals surface area (Å²) in [5.74, 6) is -5.22. The van der Waals surface area contributed by atoms with Crippen molar-refractivity contribution in [1.29, 1.82) is 0 Å². The van der Waals surface area contributed by atoms with Gasteiger partial charge in [-0.15, -0.1) is 0 Å². The molecule has 6 N–H and O–H groups in total. The quantitative estimate of drug-likeness (QED) is 0.241.